The number of carbonyl (C=O) groups excluding carboxylic acids is 1. The summed E-state index contributed by atoms with van der Waals surface area (Å²) in [7, 11) is 0. The van der Waals surface area contributed by atoms with Gasteiger partial charge in [0.25, 0.3) is 0 Å². The number of ether oxygens (including phenoxy) is 1. The zero-order valence-corrected chi connectivity index (χ0v) is 11.0. The van der Waals surface area contributed by atoms with Crippen molar-refractivity contribution in [3.8, 4) is 0 Å². The molecule has 0 saturated heterocycles. The molecule has 0 radical (unpaired) electrons. The summed E-state index contributed by atoms with van der Waals surface area (Å²) in [6, 6.07) is 7.94. The molecular weight excluding hydrogens is 232 g/mol. The number of carbonyl (C=O) groups is 1. The van der Waals surface area contributed by atoms with Crippen LogP contribution in [-0.2, 0) is 15.3 Å². The van der Waals surface area contributed by atoms with Gasteiger partial charge in [-0.05, 0) is 31.1 Å². The number of hydrogen-bond acceptors (Lipinski definition) is 3. The molecule has 0 aliphatic rings. The van der Waals surface area contributed by atoms with E-state index in [1.54, 1.807) is 19.9 Å². The zero-order valence-electron chi connectivity index (χ0n) is 10.1. The standard InChI is InChI=1S/C14H16O2S/c1-3-16-14(15)11(2)4-5-12-6-8-13(10-17)9-7-12/h5-9,17H,3,10H2,1-2H3. The summed E-state index contributed by atoms with van der Waals surface area (Å²) in [5.41, 5.74) is 5.56. The van der Waals surface area contributed by atoms with E-state index in [2.05, 4.69) is 18.4 Å². The third kappa shape index (κ3) is 4.51. The minimum atomic E-state index is -0.323. The summed E-state index contributed by atoms with van der Waals surface area (Å²) in [5, 5.41) is 0. The first-order chi connectivity index (χ1) is 8.17. The fourth-order valence-corrected chi connectivity index (χ4v) is 1.42. The van der Waals surface area contributed by atoms with Crippen molar-refractivity contribution in [3.63, 3.8) is 0 Å². The van der Waals surface area contributed by atoms with E-state index in [-0.39, 0.29) is 5.97 Å². The Morgan fingerprint density at radius 3 is 2.59 bits per heavy atom. The van der Waals surface area contributed by atoms with Gasteiger partial charge in [-0.25, -0.2) is 4.79 Å². The number of esters is 1. The maximum atomic E-state index is 11.3. The average molecular weight is 248 g/mol. The van der Waals surface area contributed by atoms with Crippen LogP contribution in [0.15, 0.2) is 35.6 Å². The topological polar surface area (TPSA) is 26.3 Å². The van der Waals surface area contributed by atoms with Gasteiger partial charge < -0.3 is 4.74 Å². The molecule has 2 nitrogen and oxygen atoms in total. The molecule has 1 aromatic rings. The zero-order chi connectivity index (χ0) is 12.7. The second-order valence-corrected chi connectivity index (χ2v) is 3.85. The first-order valence-electron chi connectivity index (χ1n) is 5.47. The van der Waals surface area contributed by atoms with Crippen molar-refractivity contribution in [2.24, 2.45) is 0 Å². The number of hydrogen-bond donors (Lipinski definition) is 1. The molecule has 0 bridgehead atoms. The van der Waals surface area contributed by atoms with Crippen molar-refractivity contribution in [2.45, 2.75) is 19.6 Å². The van der Waals surface area contributed by atoms with Gasteiger partial charge in [-0.1, -0.05) is 24.3 Å². The highest BCUT2D eigenvalue weighted by molar-refractivity contribution is 7.79. The van der Waals surface area contributed by atoms with Gasteiger partial charge >= 0.3 is 5.97 Å². The molecule has 0 aliphatic carbocycles. The predicted molar refractivity (Wildman–Crippen MR) is 72.9 cm³/mol. The van der Waals surface area contributed by atoms with E-state index in [9.17, 15) is 4.79 Å². The molecule has 0 heterocycles. The Morgan fingerprint density at radius 1 is 1.41 bits per heavy atom. The van der Waals surface area contributed by atoms with Crippen molar-refractivity contribution >= 4 is 24.7 Å². The third-order valence-electron chi connectivity index (χ3n) is 2.20. The lowest BCUT2D eigenvalue weighted by Crippen LogP contribution is -2.03. The van der Waals surface area contributed by atoms with Crippen molar-refractivity contribution in [1.82, 2.24) is 0 Å². The van der Waals surface area contributed by atoms with Crippen LogP contribution in [0, 0.1) is 0 Å². The summed E-state index contributed by atoms with van der Waals surface area (Å²) < 4.78 is 4.86. The van der Waals surface area contributed by atoms with Crippen LogP contribution in [0.1, 0.15) is 25.0 Å². The van der Waals surface area contributed by atoms with Crippen LogP contribution in [0.2, 0.25) is 0 Å². The molecule has 0 amide bonds. The summed E-state index contributed by atoms with van der Waals surface area (Å²) in [5.74, 6) is 0.400. The number of benzene rings is 1. The lowest BCUT2D eigenvalue weighted by Gasteiger charge is -1.98. The van der Waals surface area contributed by atoms with Crippen LogP contribution < -0.4 is 0 Å². The van der Waals surface area contributed by atoms with Crippen LogP contribution in [0.4, 0.5) is 0 Å². The average Bonchev–Trinajstić information content (AvgIpc) is 2.36. The van der Waals surface area contributed by atoms with Crippen molar-refractivity contribution in [1.29, 1.82) is 0 Å². The molecule has 0 saturated carbocycles. The van der Waals surface area contributed by atoms with E-state index in [0.29, 0.717) is 12.2 Å². The van der Waals surface area contributed by atoms with Crippen LogP contribution in [0.5, 0.6) is 0 Å². The molecule has 3 heteroatoms. The molecule has 0 fully saturated rings. The van der Waals surface area contributed by atoms with E-state index in [1.807, 2.05) is 24.3 Å². The molecular formula is C14H16O2S. The molecule has 0 N–H and O–H groups in total. The van der Waals surface area contributed by atoms with Crippen molar-refractivity contribution < 1.29 is 9.53 Å². The van der Waals surface area contributed by atoms with Crippen LogP contribution in [-0.4, -0.2) is 12.6 Å². The lowest BCUT2D eigenvalue weighted by atomic mass is 10.1. The summed E-state index contributed by atoms with van der Waals surface area (Å²) >= 11 is 4.19. The summed E-state index contributed by atoms with van der Waals surface area (Å²) in [6.07, 6.45) is 1.77. The van der Waals surface area contributed by atoms with E-state index < -0.39 is 0 Å². The number of thiol groups is 1. The predicted octanol–water partition coefficient (Wildman–Crippen LogP) is 3.24. The summed E-state index contributed by atoms with van der Waals surface area (Å²) in [4.78, 5) is 11.3. The Hall–Kier alpha value is -1.44. The lowest BCUT2D eigenvalue weighted by molar-refractivity contribution is -0.138. The SMILES string of the molecule is CCOC(=O)C(C)=C=Cc1ccc(CS)cc1. The van der Waals surface area contributed by atoms with Crippen LogP contribution in [0.25, 0.3) is 6.08 Å². The molecule has 17 heavy (non-hydrogen) atoms. The molecule has 0 aliphatic heterocycles. The minimum Gasteiger partial charge on any atom is -0.462 e. The van der Waals surface area contributed by atoms with Gasteiger partial charge in [0.1, 0.15) is 0 Å². The van der Waals surface area contributed by atoms with Gasteiger partial charge in [0.15, 0.2) is 0 Å². The Kier molecular flexibility index (Phi) is 5.61. The van der Waals surface area contributed by atoms with Crippen LogP contribution in [0.3, 0.4) is 0 Å². The molecule has 90 valence electrons. The Labute approximate surface area is 107 Å². The number of rotatable bonds is 4. The largest absolute Gasteiger partial charge is 0.462 e. The highest BCUT2D eigenvalue weighted by Gasteiger charge is 2.01. The highest BCUT2D eigenvalue weighted by Crippen LogP contribution is 2.08. The van der Waals surface area contributed by atoms with E-state index >= 15 is 0 Å². The Morgan fingerprint density at radius 2 is 2.06 bits per heavy atom. The van der Waals surface area contributed by atoms with Gasteiger partial charge in [-0.2, -0.15) is 12.6 Å². The maximum Gasteiger partial charge on any atom is 0.341 e. The highest BCUT2D eigenvalue weighted by atomic mass is 32.1. The van der Waals surface area contributed by atoms with Gasteiger partial charge in [-0.15, -0.1) is 5.73 Å². The van der Waals surface area contributed by atoms with E-state index in [1.165, 1.54) is 0 Å². The normalized spacial score (nSPS) is 9.35. The van der Waals surface area contributed by atoms with Gasteiger partial charge in [0.2, 0.25) is 0 Å². The second kappa shape index (κ2) is 7.00. The van der Waals surface area contributed by atoms with Gasteiger partial charge in [-0.3, -0.25) is 0 Å². The minimum absolute atomic E-state index is 0.323. The van der Waals surface area contributed by atoms with Crippen molar-refractivity contribution in [2.75, 3.05) is 6.61 Å². The van der Waals surface area contributed by atoms with Crippen molar-refractivity contribution in [3.05, 3.63) is 46.7 Å². The fourth-order valence-electron chi connectivity index (χ4n) is 1.21. The van der Waals surface area contributed by atoms with Crippen LogP contribution >= 0.6 is 12.6 Å². The maximum absolute atomic E-state index is 11.3. The smallest absolute Gasteiger partial charge is 0.341 e. The quantitative estimate of drug-likeness (QED) is 0.383. The Balaban J connectivity index is 2.81. The molecule has 1 aromatic carbocycles. The van der Waals surface area contributed by atoms with E-state index in [4.69, 9.17) is 4.74 Å². The molecule has 0 aromatic heterocycles. The van der Waals surface area contributed by atoms with E-state index in [0.717, 1.165) is 16.9 Å². The molecule has 1 rings (SSSR count). The fraction of sp³-hybridized carbons (Fsp3) is 0.286. The molecule has 0 spiro atoms. The van der Waals surface area contributed by atoms with Gasteiger partial charge in [0.05, 0.1) is 12.2 Å². The van der Waals surface area contributed by atoms with Gasteiger partial charge in [0, 0.05) is 5.75 Å². The first kappa shape index (κ1) is 13.6. The summed E-state index contributed by atoms with van der Waals surface area (Å²) in [6.45, 7) is 3.86. The molecule has 0 atom stereocenters. The third-order valence-corrected chi connectivity index (χ3v) is 2.56. The Bertz CT molecular complexity index is 440. The second-order valence-electron chi connectivity index (χ2n) is 3.53. The molecule has 0 unspecified atom stereocenters. The monoisotopic (exact) mass is 248 g/mol. The first-order valence-corrected chi connectivity index (χ1v) is 6.10.